The quantitative estimate of drug-likeness (QED) is 0.576. The van der Waals surface area contributed by atoms with Gasteiger partial charge in [-0.15, -0.1) is 0 Å². The Kier molecular flexibility index (Phi) is 6.26. The Bertz CT molecular complexity index is 842. The molecule has 2 aromatic rings. The molecule has 146 valence electrons. The molecule has 0 bridgehead atoms. The Morgan fingerprint density at radius 3 is 2.14 bits per heavy atom. The Balaban J connectivity index is 1.48. The molecule has 0 spiro atoms. The molecule has 7 nitrogen and oxygen atoms in total. The standard InChI is InChI=1S/C21H22N2O5/c24-19(25)2-1-13-28-18-11-9-17(10-12-18)23-21(27)15-5-7-16(8-6-15)22-20(26)14-3-4-14/h5-12,14H,1-4,13H2,(H,22,26)(H,23,27)(H,24,25). The molecule has 1 saturated carbocycles. The topological polar surface area (TPSA) is 105 Å². The summed E-state index contributed by atoms with van der Waals surface area (Å²) in [5, 5.41) is 14.2. The molecule has 0 heterocycles. The number of carbonyl (C=O) groups is 3. The number of carboxylic acids is 1. The minimum absolute atomic E-state index is 0.0301. The lowest BCUT2D eigenvalue weighted by Crippen LogP contribution is -2.14. The van der Waals surface area contributed by atoms with Gasteiger partial charge in [0.1, 0.15) is 5.75 Å². The number of hydrogen-bond donors (Lipinski definition) is 3. The average Bonchev–Trinajstić information content (AvgIpc) is 3.52. The summed E-state index contributed by atoms with van der Waals surface area (Å²) in [6.45, 7) is 0.321. The van der Waals surface area contributed by atoms with Crippen LogP contribution in [0.2, 0.25) is 0 Å². The van der Waals surface area contributed by atoms with E-state index in [1.165, 1.54) is 0 Å². The van der Waals surface area contributed by atoms with Crippen molar-refractivity contribution in [3.05, 3.63) is 54.1 Å². The van der Waals surface area contributed by atoms with Crippen LogP contribution in [0.4, 0.5) is 11.4 Å². The van der Waals surface area contributed by atoms with E-state index in [0.717, 1.165) is 12.8 Å². The Morgan fingerprint density at radius 1 is 0.929 bits per heavy atom. The number of carbonyl (C=O) groups excluding carboxylic acids is 2. The van der Waals surface area contributed by atoms with Crippen molar-refractivity contribution in [1.82, 2.24) is 0 Å². The minimum Gasteiger partial charge on any atom is -0.494 e. The molecular formula is C21H22N2O5. The van der Waals surface area contributed by atoms with E-state index in [1.807, 2.05) is 0 Å². The first kappa shape index (κ1) is 19.4. The zero-order valence-electron chi connectivity index (χ0n) is 15.3. The number of aliphatic carboxylic acids is 1. The molecule has 0 atom stereocenters. The summed E-state index contributed by atoms with van der Waals surface area (Å²) in [6.07, 6.45) is 2.39. The van der Waals surface area contributed by atoms with E-state index < -0.39 is 5.97 Å². The van der Waals surface area contributed by atoms with Crippen LogP contribution in [-0.4, -0.2) is 29.5 Å². The van der Waals surface area contributed by atoms with E-state index >= 15 is 0 Å². The van der Waals surface area contributed by atoms with Gasteiger partial charge in [-0.3, -0.25) is 14.4 Å². The van der Waals surface area contributed by atoms with Gasteiger partial charge >= 0.3 is 5.97 Å². The summed E-state index contributed by atoms with van der Waals surface area (Å²) in [6, 6.07) is 13.6. The van der Waals surface area contributed by atoms with E-state index in [1.54, 1.807) is 48.5 Å². The number of nitrogens with one attached hydrogen (secondary N) is 2. The van der Waals surface area contributed by atoms with E-state index in [0.29, 0.717) is 35.7 Å². The number of anilines is 2. The maximum atomic E-state index is 12.3. The molecule has 2 amide bonds. The van der Waals surface area contributed by atoms with Gasteiger partial charge < -0.3 is 20.5 Å². The van der Waals surface area contributed by atoms with Gasteiger partial charge in [0, 0.05) is 29.3 Å². The van der Waals surface area contributed by atoms with Crippen molar-refractivity contribution in [1.29, 1.82) is 0 Å². The Labute approximate surface area is 162 Å². The van der Waals surface area contributed by atoms with Gasteiger partial charge in [-0.25, -0.2) is 0 Å². The molecule has 3 rings (SSSR count). The number of rotatable bonds is 9. The molecule has 0 saturated heterocycles. The molecule has 0 unspecified atom stereocenters. The predicted molar refractivity (Wildman–Crippen MR) is 105 cm³/mol. The van der Waals surface area contributed by atoms with Gasteiger partial charge in [-0.2, -0.15) is 0 Å². The summed E-state index contributed by atoms with van der Waals surface area (Å²) < 4.78 is 5.46. The molecule has 28 heavy (non-hydrogen) atoms. The van der Waals surface area contributed by atoms with Crippen molar-refractivity contribution < 1.29 is 24.2 Å². The fraction of sp³-hybridized carbons (Fsp3) is 0.286. The number of ether oxygens (including phenoxy) is 1. The van der Waals surface area contributed by atoms with Gasteiger partial charge in [0.05, 0.1) is 6.61 Å². The Hall–Kier alpha value is -3.35. The molecule has 0 aliphatic heterocycles. The molecule has 2 aromatic carbocycles. The first-order chi connectivity index (χ1) is 13.5. The van der Waals surface area contributed by atoms with Crippen molar-refractivity contribution in [2.24, 2.45) is 5.92 Å². The van der Waals surface area contributed by atoms with Gasteiger partial charge in [-0.05, 0) is 67.8 Å². The third-order valence-electron chi connectivity index (χ3n) is 4.28. The maximum Gasteiger partial charge on any atom is 0.303 e. The van der Waals surface area contributed by atoms with E-state index in [2.05, 4.69) is 10.6 Å². The van der Waals surface area contributed by atoms with Crippen LogP contribution < -0.4 is 15.4 Å². The fourth-order valence-corrected chi connectivity index (χ4v) is 2.55. The molecule has 0 aromatic heterocycles. The normalized spacial score (nSPS) is 12.9. The first-order valence-electron chi connectivity index (χ1n) is 9.18. The average molecular weight is 382 g/mol. The number of hydrogen-bond acceptors (Lipinski definition) is 4. The second-order valence-electron chi connectivity index (χ2n) is 6.67. The van der Waals surface area contributed by atoms with E-state index in [9.17, 15) is 14.4 Å². The van der Waals surface area contributed by atoms with Crippen LogP contribution in [0.1, 0.15) is 36.0 Å². The largest absolute Gasteiger partial charge is 0.494 e. The lowest BCUT2D eigenvalue weighted by molar-refractivity contribution is -0.137. The third kappa shape index (κ3) is 5.84. The molecular weight excluding hydrogens is 360 g/mol. The Morgan fingerprint density at radius 2 is 1.54 bits per heavy atom. The number of benzene rings is 2. The summed E-state index contributed by atoms with van der Waals surface area (Å²) >= 11 is 0. The highest BCUT2D eigenvalue weighted by molar-refractivity contribution is 6.04. The maximum absolute atomic E-state index is 12.3. The fourth-order valence-electron chi connectivity index (χ4n) is 2.55. The van der Waals surface area contributed by atoms with Crippen LogP contribution in [0, 0.1) is 5.92 Å². The molecule has 0 radical (unpaired) electrons. The van der Waals surface area contributed by atoms with Crippen molar-refractivity contribution in [2.75, 3.05) is 17.2 Å². The smallest absolute Gasteiger partial charge is 0.303 e. The summed E-state index contributed by atoms with van der Waals surface area (Å²) in [7, 11) is 0. The molecule has 1 aliphatic rings. The molecule has 7 heteroatoms. The zero-order chi connectivity index (χ0) is 19.9. The highest BCUT2D eigenvalue weighted by Crippen LogP contribution is 2.30. The first-order valence-corrected chi connectivity index (χ1v) is 9.18. The van der Waals surface area contributed by atoms with Crippen molar-refractivity contribution >= 4 is 29.2 Å². The van der Waals surface area contributed by atoms with Crippen molar-refractivity contribution in [2.45, 2.75) is 25.7 Å². The summed E-state index contributed by atoms with van der Waals surface area (Å²) in [4.78, 5) is 34.5. The van der Waals surface area contributed by atoms with Gasteiger partial charge in [0.15, 0.2) is 0 Å². The zero-order valence-corrected chi connectivity index (χ0v) is 15.3. The SMILES string of the molecule is O=C(O)CCCOc1ccc(NC(=O)c2ccc(NC(=O)C3CC3)cc2)cc1. The van der Waals surface area contributed by atoms with Crippen LogP contribution in [0.15, 0.2) is 48.5 Å². The third-order valence-corrected chi connectivity index (χ3v) is 4.28. The highest BCUT2D eigenvalue weighted by atomic mass is 16.5. The second-order valence-corrected chi connectivity index (χ2v) is 6.67. The van der Waals surface area contributed by atoms with Crippen molar-refractivity contribution in [3.8, 4) is 5.75 Å². The summed E-state index contributed by atoms with van der Waals surface area (Å²) in [5.41, 5.74) is 1.78. The lowest BCUT2D eigenvalue weighted by Gasteiger charge is -2.09. The van der Waals surface area contributed by atoms with Gasteiger partial charge in [0.2, 0.25) is 5.91 Å². The highest BCUT2D eigenvalue weighted by Gasteiger charge is 2.29. The minimum atomic E-state index is -0.847. The van der Waals surface area contributed by atoms with Crippen LogP contribution in [0.5, 0.6) is 5.75 Å². The number of carboxylic acid groups (broad SMARTS) is 1. The van der Waals surface area contributed by atoms with Gasteiger partial charge in [-0.1, -0.05) is 0 Å². The molecule has 1 aliphatic carbocycles. The van der Waals surface area contributed by atoms with Crippen LogP contribution in [0.3, 0.4) is 0 Å². The van der Waals surface area contributed by atoms with Crippen LogP contribution >= 0.6 is 0 Å². The van der Waals surface area contributed by atoms with Crippen molar-refractivity contribution in [3.63, 3.8) is 0 Å². The molecule has 3 N–H and O–H groups in total. The van der Waals surface area contributed by atoms with Crippen LogP contribution in [0.25, 0.3) is 0 Å². The molecule has 1 fully saturated rings. The second kappa shape index (κ2) is 9.03. The van der Waals surface area contributed by atoms with Crippen LogP contribution in [-0.2, 0) is 9.59 Å². The van der Waals surface area contributed by atoms with E-state index in [4.69, 9.17) is 9.84 Å². The lowest BCUT2D eigenvalue weighted by atomic mass is 10.2. The van der Waals surface area contributed by atoms with E-state index in [-0.39, 0.29) is 24.2 Å². The predicted octanol–water partition coefficient (Wildman–Crippen LogP) is 3.53. The monoisotopic (exact) mass is 382 g/mol. The van der Waals surface area contributed by atoms with Gasteiger partial charge in [0.25, 0.3) is 5.91 Å². The number of amides is 2. The summed E-state index contributed by atoms with van der Waals surface area (Å²) in [5.74, 6) is -0.330.